The van der Waals surface area contributed by atoms with Crippen LogP contribution in [0.25, 0.3) is 0 Å². The highest BCUT2D eigenvalue weighted by Crippen LogP contribution is 2.63. The number of hydrogen-bond acceptors (Lipinski definition) is 7. The zero-order valence-corrected chi connectivity index (χ0v) is 17.7. The first-order valence-corrected chi connectivity index (χ1v) is 11.1. The van der Waals surface area contributed by atoms with E-state index in [1.165, 1.54) is 11.3 Å². The molecule has 4 aliphatic heterocycles. The van der Waals surface area contributed by atoms with E-state index in [0.717, 1.165) is 31.2 Å². The van der Waals surface area contributed by atoms with Crippen LogP contribution in [0.4, 0.5) is 0 Å². The number of rotatable bonds is 3. The lowest BCUT2D eigenvalue weighted by molar-refractivity contribution is -0.541. The van der Waals surface area contributed by atoms with Crippen molar-refractivity contribution in [3.63, 3.8) is 0 Å². The highest BCUT2D eigenvalue weighted by molar-refractivity contribution is 7.12. The molecule has 1 unspecified atom stereocenters. The van der Waals surface area contributed by atoms with Crippen molar-refractivity contribution in [3.05, 3.63) is 21.9 Å². The summed E-state index contributed by atoms with van der Waals surface area (Å²) < 4.78 is 18.5. The van der Waals surface area contributed by atoms with Gasteiger partial charge >= 0.3 is 5.97 Å². The number of fused-ring (bicyclic) bond motifs is 2. The van der Waals surface area contributed by atoms with Gasteiger partial charge in [-0.3, -0.25) is 0 Å². The Balaban J connectivity index is 1.43. The molecule has 28 heavy (non-hydrogen) atoms. The minimum atomic E-state index is -0.784. The second kappa shape index (κ2) is 6.25. The van der Waals surface area contributed by atoms with Gasteiger partial charge in [0.05, 0.1) is 0 Å². The Bertz CT molecular complexity index is 794. The summed E-state index contributed by atoms with van der Waals surface area (Å²) in [4.78, 5) is 25.1. The maximum Gasteiger partial charge on any atom is 0.348 e. The third kappa shape index (κ3) is 2.56. The Labute approximate surface area is 169 Å². The third-order valence-electron chi connectivity index (χ3n) is 7.37. The van der Waals surface area contributed by atoms with Crippen LogP contribution in [0.2, 0.25) is 0 Å². The van der Waals surface area contributed by atoms with Crippen molar-refractivity contribution in [3.8, 4) is 0 Å². The molecule has 6 nitrogen and oxygen atoms in total. The zero-order valence-electron chi connectivity index (χ0n) is 16.9. The van der Waals surface area contributed by atoms with Crippen LogP contribution >= 0.6 is 11.3 Å². The largest absolute Gasteiger partial charge is 0.458 e. The summed E-state index contributed by atoms with van der Waals surface area (Å²) in [6, 6.07) is 1.93. The Kier molecular flexibility index (Phi) is 4.24. The number of ether oxygens (including phenoxy) is 3. The molecule has 0 radical (unpaired) electrons. The predicted octanol–water partition coefficient (Wildman–Crippen LogP) is 4.22. The molecule has 7 atom stereocenters. The van der Waals surface area contributed by atoms with Crippen LogP contribution in [0, 0.1) is 24.7 Å². The van der Waals surface area contributed by atoms with Gasteiger partial charge in [0.25, 0.3) is 0 Å². The van der Waals surface area contributed by atoms with E-state index in [2.05, 4.69) is 6.92 Å². The first-order valence-electron chi connectivity index (χ1n) is 10.2. The van der Waals surface area contributed by atoms with Crippen molar-refractivity contribution in [2.24, 2.45) is 17.8 Å². The quantitative estimate of drug-likeness (QED) is 0.551. The molecule has 0 aromatic carbocycles. The van der Waals surface area contributed by atoms with Gasteiger partial charge in [0.2, 0.25) is 5.79 Å². The number of carbonyl (C=O) groups excluding carboxylic acids is 1. The minimum absolute atomic E-state index is 0.0473. The first kappa shape index (κ1) is 19.0. The SMILES string of the molecule is Cc1ccsc1C(=O)OCC1(C)O[C@@H]2O[C@]3(C)CC[C@H]4[C@H](C)CC[C@@H]1[C@@]24OO3. The molecule has 0 amide bonds. The summed E-state index contributed by atoms with van der Waals surface area (Å²) in [6.45, 7) is 8.31. The molecule has 1 saturated carbocycles. The molecule has 1 aromatic rings. The first-order chi connectivity index (χ1) is 13.3. The van der Waals surface area contributed by atoms with E-state index >= 15 is 0 Å². The lowest BCUT2D eigenvalue weighted by Gasteiger charge is -2.50. The van der Waals surface area contributed by atoms with Crippen LogP contribution in [0.3, 0.4) is 0 Å². The van der Waals surface area contributed by atoms with Gasteiger partial charge in [-0.05, 0) is 68.9 Å². The van der Waals surface area contributed by atoms with E-state index in [-0.39, 0.29) is 18.5 Å². The molecule has 6 rings (SSSR count). The van der Waals surface area contributed by atoms with Crippen molar-refractivity contribution in [1.82, 2.24) is 0 Å². The van der Waals surface area contributed by atoms with Crippen LogP contribution in [0.15, 0.2) is 11.4 Å². The molecule has 5 heterocycles. The fourth-order valence-electron chi connectivity index (χ4n) is 5.80. The maximum absolute atomic E-state index is 12.6. The van der Waals surface area contributed by atoms with Crippen LogP contribution in [0.1, 0.15) is 61.7 Å². The highest BCUT2D eigenvalue weighted by atomic mass is 32.1. The predicted molar refractivity (Wildman–Crippen MR) is 102 cm³/mol. The topological polar surface area (TPSA) is 63.2 Å². The van der Waals surface area contributed by atoms with Crippen molar-refractivity contribution < 1.29 is 28.8 Å². The van der Waals surface area contributed by atoms with Crippen LogP contribution in [0.5, 0.6) is 0 Å². The Morgan fingerprint density at radius 2 is 2.07 bits per heavy atom. The van der Waals surface area contributed by atoms with Gasteiger partial charge in [0.15, 0.2) is 11.9 Å². The van der Waals surface area contributed by atoms with E-state index in [1.54, 1.807) is 0 Å². The van der Waals surface area contributed by atoms with Crippen molar-refractivity contribution in [2.75, 3.05) is 6.61 Å². The van der Waals surface area contributed by atoms with Gasteiger partial charge in [-0.2, -0.15) is 0 Å². The second-order valence-electron chi connectivity index (χ2n) is 9.30. The van der Waals surface area contributed by atoms with E-state index in [9.17, 15) is 4.79 Å². The summed E-state index contributed by atoms with van der Waals surface area (Å²) in [6.07, 6.45) is 3.31. The van der Waals surface area contributed by atoms with Crippen LogP contribution in [-0.4, -0.2) is 35.9 Å². The van der Waals surface area contributed by atoms with E-state index < -0.39 is 23.3 Å². The average Bonchev–Trinajstić information content (AvgIpc) is 3.08. The van der Waals surface area contributed by atoms with Gasteiger partial charge in [0, 0.05) is 12.3 Å². The second-order valence-corrected chi connectivity index (χ2v) is 10.2. The lowest BCUT2D eigenvalue weighted by atomic mass is 9.60. The molecule has 154 valence electrons. The maximum atomic E-state index is 12.6. The van der Waals surface area contributed by atoms with Crippen molar-refractivity contribution >= 4 is 17.3 Å². The van der Waals surface area contributed by atoms with Gasteiger partial charge < -0.3 is 14.2 Å². The Hall–Kier alpha value is -0.990. The molecular formula is C21H28O6S. The van der Waals surface area contributed by atoms with Gasteiger partial charge in [0.1, 0.15) is 17.1 Å². The minimum Gasteiger partial charge on any atom is -0.458 e. The smallest absolute Gasteiger partial charge is 0.348 e. The lowest BCUT2D eigenvalue weighted by Crippen LogP contribution is -2.62. The monoisotopic (exact) mass is 408 g/mol. The average molecular weight is 409 g/mol. The summed E-state index contributed by atoms with van der Waals surface area (Å²) in [7, 11) is 0. The molecule has 2 bridgehead atoms. The highest BCUT2D eigenvalue weighted by Gasteiger charge is 2.74. The molecule has 7 heteroatoms. The van der Waals surface area contributed by atoms with Crippen molar-refractivity contribution in [1.29, 1.82) is 0 Å². The molecule has 1 aliphatic carbocycles. The van der Waals surface area contributed by atoms with E-state index in [1.807, 2.05) is 32.2 Å². The Morgan fingerprint density at radius 3 is 2.82 bits per heavy atom. The van der Waals surface area contributed by atoms with E-state index in [4.69, 9.17) is 24.0 Å². The summed E-state index contributed by atoms with van der Waals surface area (Å²) in [5.74, 6) is -0.220. The number of carbonyl (C=O) groups is 1. The number of hydrogen-bond donors (Lipinski definition) is 0. The number of aryl methyl sites for hydroxylation is 1. The third-order valence-corrected chi connectivity index (χ3v) is 8.37. The molecule has 4 saturated heterocycles. The summed E-state index contributed by atoms with van der Waals surface area (Å²) >= 11 is 1.41. The zero-order chi connectivity index (χ0) is 19.7. The fraction of sp³-hybridized carbons (Fsp3) is 0.762. The summed E-state index contributed by atoms with van der Waals surface area (Å²) in [5, 5.41) is 1.90. The molecule has 1 aromatic heterocycles. The molecule has 5 fully saturated rings. The standard InChI is InChI=1S/C21H28O6S/c1-12-5-6-15-19(3,11-23-17(22)16-13(2)8-10-28-16)24-18-21(15)14(12)7-9-20(4,25-18)26-27-21/h8,10,12,14-15,18H,5-7,9,11H2,1-4H3/t12-,14+,15+,18-,19?,20+,21-/m1/s1. The summed E-state index contributed by atoms with van der Waals surface area (Å²) in [5.41, 5.74) is -0.363. The van der Waals surface area contributed by atoms with Crippen LogP contribution < -0.4 is 0 Å². The van der Waals surface area contributed by atoms with Gasteiger partial charge in [-0.1, -0.05) is 6.92 Å². The van der Waals surface area contributed by atoms with Crippen molar-refractivity contribution in [2.45, 2.75) is 76.7 Å². The molecule has 0 N–H and O–H groups in total. The van der Waals surface area contributed by atoms with E-state index in [0.29, 0.717) is 16.7 Å². The fourth-order valence-corrected chi connectivity index (χ4v) is 6.62. The molecule has 1 spiro atoms. The van der Waals surface area contributed by atoms with Gasteiger partial charge in [-0.15, -0.1) is 11.3 Å². The molecular weight excluding hydrogens is 380 g/mol. The van der Waals surface area contributed by atoms with Gasteiger partial charge in [-0.25, -0.2) is 14.6 Å². The number of thiophene rings is 1. The number of esters is 1. The normalized spacial score (nSPS) is 46.9. The van der Waals surface area contributed by atoms with Crippen LogP contribution in [-0.2, 0) is 24.0 Å². The molecule has 5 aliphatic rings. The Morgan fingerprint density at radius 1 is 1.25 bits per heavy atom.